The Labute approximate surface area is 104 Å². The van der Waals surface area contributed by atoms with Gasteiger partial charge in [-0.2, -0.15) is 0 Å². The van der Waals surface area contributed by atoms with Crippen LogP contribution >= 0.6 is 0 Å². The van der Waals surface area contributed by atoms with Crippen molar-refractivity contribution >= 4 is 0 Å². The maximum Gasteiger partial charge on any atom is 0.101 e. The van der Waals surface area contributed by atoms with Crippen LogP contribution in [0, 0.1) is 6.92 Å². The first-order valence-corrected chi connectivity index (χ1v) is 6.74. The van der Waals surface area contributed by atoms with Crippen molar-refractivity contribution in [2.75, 3.05) is 19.6 Å². The normalized spacial score (nSPS) is 19.4. The van der Waals surface area contributed by atoms with Gasteiger partial charge in [0.1, 0.15) is 5.76 Å². The van der Waals surface area contributed by atoms with Gasteiger partial charge >= 0.3 is 0 Å². The first kappa shape index (κ1) is 12.7. The van der Waals surface area contributed by atoms with Gasteiger partial charge in [0.15, 0.2) is 0 Å². The van der Waals surface area contributed by atoms with Crippen molar-refractivity contribution in [2.45, 2.75) is 45.7 Å². The molecule has 1 aromatic heterocycles. The van der Waals surface area contributed by atoms with Gasteiger partial charge in [-0.3, -0.25) is 0 Å². The molecule has 0 aliphatic carbocycles. The monoisotopic (exact) mass is 236 g/mol. The number of furan rings is 1. The third-order valence-electron chi connectivity index (χ3n) is 3.42. The summed E-state index contributed by atoms with van der Waals surface area (Å²) in [4.78, 5) is 2.57. The van der Waals surface area contributed by atoms with E-state index in [2.05, 4.69) is 23.2 Å². The van der Waals surface area contributed by atoms with Gasteiger partial charge in [0.2, 0.25) is 0 Å². The molecule has 0 radical (unpaired) electrons. The SMILES string of the molecule is Cc1cc(CNC(C)CN2CCCCC2)co1. The van der Waals surface area contributed by atoms with E-state index in [9.17, 15) is 0 Å². The number of hydrogen-bond acceptors (Lipinski definition) is 3. The van der Waals surface area contributed by atoms with Crippen LogP contribution in [-0.2, 0) is 6.54 Å². The zero-order valence-electron chi connectivity index (χ0n) is 11.0. The fourth-order valence-corrected chi connectivity index (χ4v) is 2.48. The Morgan fingerprint density at radius 3 is 2.76 bits per heavy atom. The van der Waals surface area contributed by atoms with Crippen LogP contribution < -0.4 is 5.32 Å². The van der Waals surface area contributed by atoms with Gasteiger partial charge in [0, 0.05) is 24.7 Å². The van der Waals surface area contributed by atoms with Crippen molar-refractivity contribution in [3.05, 3.63) is 23.7 Å². The summed E-state index contributed by atoms with van der Waals surface area (Å²) in [6, 6.07) is 2.64. The van der Waals surface area contributed by atoms with Crippen LogP contribution in [0.4, 0.5) is 0 Å². The molecule has 1 aliphatic rings. The lowest BCUT2D eigenvalue weighted by molar-refractivity contribution is 0.209. The average Bonchev–Trinajstić information content (AvgIpc) is 2.74. The lowest BCUT2D eigenvalue weighted by Gasteiger charge is -2.29. The Morgan fingerprint density at radius 2 is 2.12 bits per heavy atom. The molecule has 0 saturated carbocycles. The number of piperidine rings is 1. The zero-order valence-corrected chi connectivity index (χ0v) is 11.0. The molecule has 3 nitrogen and oxygen atoms in total. The van der Waals surface area contributed by atoms with Crippen LogP contribution in [0.25, 0.3) is 0 Å². The van der Waals surface area contributed by atoms with E-state index in [1.165, 1.54) is 37.9 Å². The first-order valence-electron chi connectivity index (χ1n) is 6.74. The molecular formula is C14H24N2O. The van der Waals surface area contributed by atoms with Crippen molar-refractivity contribution in [3.8, 4) is 0 Å². The molecule has 1 unspecified atom stereocenters. The Hall–Kier alpha value is -0.800. The Bertz CT molecular complexity index is 329. The quantitative estimate of drug-likeness (QED) is 0.851. The van der Waals surface area contributed by atoms with Crippen molar-refractivity contribution < 1.29 is 4.42 Å². The highest BCUT2D eigenvalue weighted by atomic mass is 16.3. The number of hydrogen-bond donors (Lipinski definition) is 1. The fourth-order valence-electron chi connectivity index (χ4n) is 2.48. The second-order valence-corrected chi connectivity index (χ2v) is 5.21. The van der Waals surface area contributed by atoms with E-state index < -0.39 is 0 Å². The molecule has 0 aromatic carbocycles. The van der Waals surface area contributed by atoms with Crippen molar-refractivity contribution in [1.82, 2.24) is 10.2 Å². The Balaban J connectivity index is 1.68. The zero-order chi connectivity index (χ0) is 12.1. The summed E-state index contributed by atoms with van der Waals surface area (Å²) in [6.07, 6.45) is 5.99. The maximum absolute atomic E-state index is 5.30. The molecule has 1 aliphatic heterocycles. The smallest absolute Gasteiger partial charge is 0.101 e. The minimum absolute atomic E-state index is 0.545. The van der Waals surface area contributed by atoms with Crippen molar-refractivity contribution in [3.63, 3.8) is 0 Å². The van der Waals surface area contributed by atoms with E-state index in [1.54, 1.807) is 0 Å². The van der Waals surface area contributed by atoms with E-state index in [0.29, 0.717) is 6.04 Å². The van der Waals surface area contributed by atoms with Crippen LogP contribution in [0.15, 0.2) is 16.7 Å². The number of aryl methyl sites for hydroxylation is 1. The van der Waals surface area contributed by atoms with Gasteiger partial charge in [-0.1, -0.05) is 6.42 Å². The molecule has 17 heavy (non-hydrogen) atoms. The molecule has 1 saturated heterocycles. The third kappa shape index (κ3) is 4.17. The van der Waals surface area contributed by atoms with Crippen LogP contribution in [0.2, 0.25) is 0 Å². The average molecular weight is 236 g/mol. The standard InChI is InChI=1S/C14H24N2O/c1-12(10-16-6-4-3-5-7-16)15-9-14-8-13(2)17-11-14/h8,11-12,15H,3-7,9-10H2,1-2H3. The molecule has 0 bridgehead atoms. The van der Waals surface area contributed by atoms with E-state index in [4.69, 9.17) is 4.42 Å². The molecule has 96 valence electrons. The number of rotatable bonds is 5. The largest absolute Gasteiger partial charge is 0.469 e. The van der Waals surface area contributed by atoms with Crippen molar-refractivity contribution in [1.29, 1.82) is 0 Å². The molecule has 1 atom stereocenters. The number of nitrogens with zero attached hydrogens (tertiary/aromatic N) is 1. The highest BCUT2D eigenvalue weighted by Crippen LogP contribution is 2.09. The van der Waals surface area contributed by atoms with Crippen LogP contribution in [0.1, 0.15) is 37.5 Å². The van der Waals surface area contributed by atoms with Gasteiger partial charge in [0.05, 0.1) is 6.26 Å². The summed E-state index contributed by atoms with van der Waals surface area (Å²) in [5, 5.41) is 3.56. The summed E-state index contributed by atoms with van der Waals surface area (Å²) in [5.41, 5.74) is 1.24. The Morgan fingerprint density at radius 1 is 1.35 bits per heavy atom. The molecule has 1 aromatic rings. The van der Waals surface area contributed by atoms with Crippen LogP contribution in [0.5, 0.6) is 0 Å². The Kier molecular flexibility index (Phi) is 4.63. The highest BCUT2D eigenvalue weighted by Gasteiger charge is 2.13. The van der Waals surface area contributed by atoms with Gasteiger partial charge in [-0.15, -0.1) is 0 Å². The van der Waals surface area contributed by atoms with E-state index in [1.807, 2.05) is 13.2 Å². The molecule has 1 fully saturated rings. The number of nitrogens with one attached hydrogen (secondary N) is 1. The van der Waals surface area contributed by atoms with E-state index >= 15 is 0 Å². The topological polar surface area (TPSA) is 28.4 Å². The summed E-state index contributed by atoms with van der Waals surface area (Å²) >= 11 is 0. The van der Waals surface area contributed by atoms with Gasteiger partial charge in [-0.05, 0) is 45.8 Å². The molecule has 2 heterocycles. The highest BCUT2D eigenvalue weighted by molar-refractivity contribution is 5.11. The molecule has 3 heteroatoms. The minimum atomic E-state index is 0.545. The predicted molar refractivity (Wildman–Crippen MR) is 70.0 cm³/mol. The van der Waals surface area contributed by atoms with E-state index in [0.717, 1.165) is 18.8 Å². The fraction of sp³-hybridized carbons (Fsp3) is 0.714. The van der Waals surface area contributed by atoms with E-state index in [-0.39, 0.29) is 0 Å². The summed E-state index contributed by atoms with van der Waals surface area (Å²) < 4.78 is 5.30. The van der Waals surface area contributed by atoms with Gasteiger partial charge in [0.25, 0.3) is 0 Å². The lowest BCUT2D eigenvalue weighted by atomic mass is 10.1. The first-order chi connectivity index (χ1) is 8.24. The minimum Gasteiger partial charge on any atom is -0.469 e. The third-order valence-corrected chi connectivity index (χ3v) is 3.42. The summed E-state index contributed by atoms with van der Waals surface area (Å²) in [7, 11) is 0. The molecule has 0 amide bonds. The van der Waals surface area contributed by atoms with Crippen molar-refractivity contribution in [2.24, 2.45) is 0 Å². The number of likely N-dealkylation sites (tertiary alicyclic amines) is 1. The van der Waals surface area contributed by atoms with Crippen LogP contribution in [-0.4, -0.2) is 30.6 Å². The van der Waals surface area contributed by atoms with Crippen LogP contribution in [0.3, 0.4) is 0 Å². The van der Waals surface area contributed by atoms with Gasteiger partial charge < -0.3 is 14.6 Å². The molecule has 2 rings (SSSR count). The molecule has 1 N–H and O–H groups in total. The molecular weight excluding hydrogens is 212 g/mol. The second-order valence-electron chi connectivity index (χ2n) is 5.21. The maximum atomic E-state index is 5.30. The predicted octanol–water partition coefficient (Wildman–Crippen LogP) is 2.55. The lowest BCUT2D eigenvalue weighted by Crippen LogP contribution is -2.41. The molecule has 0 spiro atoms. The second kappa shape index (κ2) is 6.22. The summed E-state index contributed by atoms with van der Waals surface area (Å²) in [6.45, 7) is 8.87. The van der Waals surface area contributed by atoms with Gasteiger partial charge in [-0.25, -0.2) is 0 Å². The summed E-state index contributed by atoms with van der Waals surface area (Å²) in [5.74, 6) is 0.991.